The first kappa shape index (κ1) is 21.8. The number of hydrogen-bond donors (Lipinski definition) is 1. The van der Waals surface area contributed by atoms with E-state index < -0.39 is 22.5 Å². The van der Waals surface area contributed by atoms with Gasteiger partial charge in [-0.05, 0) is 0 Å². The van der Waals surface area contributed by atoms with Crippen LogP contribution in [-0.4, -0.2) is 11.6 Å². The van der Waals surface area contributed by atoms with Crippen LogP contribution in [0.2, 0.25) is 16.8 Å². The largest absolute Gasteiger partial charge is 0.147 e. The van der Waals surface area contributed by atoms with Gasteiger partial charge in [-0.15, -0.1) is 24.8 Å². The van der Waals surface area contributed by atoms with E-state index in [-0.39, 0.29) is 24.8 Å². The maximum absolute atomic E-state index is 3.66. The fourth-order valence-electron chi connectivity index (χ4n) is 4.81. The van der Waals surface area contributed by atoms with Crippen molar-refractivity contribution < 1.29 is 15.8 Å². The summed E-state index contributed by atoms with van der Waals surface area (Å²) in [6.07, 6.45) is 7.03. The molecule has 0 amide bonds. The zero-order valence-electron chi connectivity index (χ0n) is 15.2. The third-order valence-corrected chi connectivity index (χ3v) is 30.2. The molecular weight excluding hydrogens is 389 g/mol. The number of aromatic amines is 1. The fourth-order valence-corrected chi connectivity index (χ4v) is 30.3. The van der Waals surface area contributed by atoms with Gasteiger partial charge in [0.1, 0.15) is 0 Å². The summed E-state index contributed by atoms with van der Waals surface area (Å²) < 4.78 is 2.64. The normalized spacial score (nSPS) is 18.5. The van der Waals surface area contributed by atoms with Crippen molar-refractivity contribution in [3.05, 3.63) is 59.8 Å². The summed E-state index contributed by atoms with van der Waals surface area (Å²) in [5.41, 5.74) is 3.01. The number of fused-ring (bicyclic) bond motifs is 1. The summed E-state index contributed by atoms with van der Waals surface area (Å²) in [6.45, 7) is 11.8. The fraction of sp³-hybridized carbons (Fsp3) is 0.368. The van der Waals surface area contributed by atoms with Crippen LogP contribution in [0.25, 0.3) is 6.08 Å². The molecule has 1 aromatic heterocycles. The maximum Gasteiger partial charge on any atom is -0.147 e. The van der Waals surface area contributed by atoms with Gasteiger partial charge < -0.3 is 0 Å². The van der Waals surface area contributed by atoms with Gasteiger partial charge in [-0.2, -0.15) is 0 Å². The average molecular weight is 418 g/mol. The van der Waals surface area contributed by atoms with Gasteiger partial charge in [0.05, 0.1) is 0 Å². The van der Waals surface area contributed by atoms with Gasteiger partial charge in [-0.1, -0.05) is 0 Å². The van der Waals surface area contributed by atoms with Crippen molar-refractivity contribution in [1.82, 2.24) is 4.98 Å². The van der Waals surface area contributed by atoms with Gasteiger partial charge in [-0.3, -0.25) is 0 Å². The van der Waals surface area contributed by atoms with E-state index in [9.17, 15) is 0 Å². The topological polar surface area (TPSA) is 15.8 Å². The molecule has 0 radical (unpaired) electrons. The van der Waals surface area contributed by atoms with Crippen LogP contribution in [-0.2, 0) is 15.8 Å². The van der Waals surface area contributed by atoms with Gasteiger partial charge in [0.25, 0.3) is 0 Å². The smallest absolute Gasteiger partial charge is 0.147 e. The molecule has 1 aliphatic rings. The Labute approximate surface area is 163 Å². The van der Waals surface area contributed by atoms with Crippen LogP contribution in [0.5, 0.6) is 0 Å². The van der Waals surface area contributed by atoms with Crippen LogP contribution in [0.15, 0.2) is 48.7 Å². The molecule has 2 unspecified atom stereocenters. The summed E-state index contributed by atoms with van der Waals surface area (Å²) in [5, 5.41) is 0. The Bertz CT molecular complexity index is 692. The predicted octanol–water partition coefficient (Wildman–Crippen LogP) is 5.61. The molecule has 0 bridgehead atoms. The second kappa shape index (κ2) is 7.97. The van der Waals surface area contributed by atoms with Crippen LogP contribution in [0.1, 0.15) is 36.1 Å². The summed E-state index contributed by atoms with van der Waals surface area (Å²) >= 11 is -2.39. The molecule has 132 valence electrons. The molecule has 0 saturated heterocycles. The third-order valence-electron chi connectivity index (χ3n) is 5.49. The minimum Gasteiger partial charge on any atom is -0.147 e. The van der Waals surface area contributed by atoms with Crippen molar-refractivity contribution in [3.8, 4) is 0 Å². The Hall–Kier alpha value is -0.249. The summed E-state index contributed by atoms with van der Waals surface area (Å²) in [6, 6.07) is 13.6. The molecule has 1 heterocycles. The zero-order valence-corrected chi connectivity index (χ0v) is 19.5. The molecule has 0 fully saturated rings. The number of nitrogens with one attached hydrogen (secondary N) is 1. The first-order valence-electron chi connectivity index (χ1n) is 8.30. The number of halogens is 2. The number of hydrogen-bond acceptors (Lipinski definition) is 0. The summed E-state index contributed by atoms with van der Waals surface area (Å²) in [7, 11) is 0. The maximum atomic E-state index is 3.66. The number of benzene rings is 1. The van der Waals surface area contributed by atoms with Gasteiger partial charge in [0.2, 0.25) is 0 Å². The van der Waals surface area contributed by atoms with Gasteiger partial charge in [0, 0.05) is 0 Å². The van der Waals surface area contributed by atoms with Crippen molar-refractivity contribution in [1.29, 1.82) is 0 Å². The van der Waals surface area contributed by atoms with Crippen LogP contribution >= 0.6 is 24.8 Å². The van der Waals surface area contributed by atoms with Gasteiger partial charge in [0.15, 0.2) is 0 Å². The number of allylic oxidation sites excluding steroid dienone is 1. The summed E-state index contributed by atoms with van der Waals surface area (Å²) in [5.74, 6) is 0. The van der Waals surface area contributed by atoms with Crippen LogP contribution < -0.4 is 4.00 Å². The molecule has 2 atom stereocenters. The number of H-pyrrole nitrogens is 1. The Morgan fingerprint density at radius 1 is 1.00 bits per heavy atom. The molecule has 1 N–H and O–H groups in total. The van der Waals surface area contributed by atoms with E-state index in [1.807, 2.05) is 0 Å². The van der Waals surface area contributed by atoms with E-state index in [0.717, 1.165) is 0 Å². The van der Waals surface area contributed by atoms with E-state index in [2.05, 4.69) is 93.6 Å². The molecule has 24 heavy (non-hydrogen) atoms. The molecule has 3 rings (SSSR count). The third kappa shape index (κ3) is 3.24. The second-order valence-electron chi connectivity index (χ2n) is 7.82. The molecular formula is C19H29Cl2NSiTi. The Morgan fingerprint density at radius 3 is 2.21 bits per heavy atom. The monoisotopic (exact) mass is 417 g/mol. The van der Waals surface area contributed by atoms with E-state index in [4.69, 9.17) is 0 Å². The van der Waals surface area contributed by atoms with Crippen molar-refractivity contribution >= 4 is 41.6 Å². The van der Waals surface area contributed by atoms with Crippen molar-refractivity contribution in [2.45, 2.75) is 41.8 Å². The van der Waals surface area contributed by atoms with E-state index in [0.29, 0.717) is 7.94 Å². The van der Waals surface area contributed by atoms with Crippen molar-refractivity contribution in [2.75, 3.05) is 0 Å². The van der Waals surface area contributed by atoms with Gasteiger partial charge in [-0.25, -0.2) is 0 Å². The molecule has 0 spiro atoms. The predicted molar refractivity (Wildman–Crippen MR) is 112 cm³/mol. The molecule has 2 aromatic rings. The van der Waals surface area contributed by atoms with E-state index >= 15 is 0 Å². The molecule has 5 heteroatoms. The number of aromatic nitrogens is 1. The quantitative estimate of drug-likeness (QED) is 0.624. The Morgan fingerprint density at radius 2 is 1.67 bits per heavy atom. The van der Waals surface area contributed by atoms with Crippen LogP contribution in [0, 0.1) is 0 Å². The minimum absolute atomic E-state index is 0. The van der Waals surface area contributed by atoms with Crippen LogP contribution in [0.4, 0.5) is 0 Å². The first-order chi connectivity index (χ1) is 10.4. The zero-order chi connectivity index (χ0) is 16.0. The standard InChI is InChI=1S/C9H7.C4H4N.C4H9.C2H7Si.2ClH.Ti/c1-2-5-9-7-3-6-8(9)4-1;1-2-4-5-3-1;1-4(2)3;1-3-2;;;/h1-7H;1-3,5H;1-3H3;3H,1-2H3;2*1H;. The van der Waals surface area contributed by atoms with E-state index in [1.54, 1.807) is 9.56 Å². The molecule has 0 saturated carbocycles. The second-order valence-corrected chi connectivity index (χ2v) is 26.2. The molecule has 1 aromatic carbocycles. The minimum atomic E-state index is -2.39. The van der Waals surface area contributed by atoms with Crippen LogP contribution in [0.3, 0.4) is 0 Å². The van der Waals surface area contributed by atoms with Crippen molar-refractivity contribution in [2.24, 2.45) is 0 Å². The molecule has 1 aliphatic carbocycles. The van der Waals surface area contributed by atoms with E-state index in [1.165, 1.54) is 5.56 Å². The van der Waals surface area contributed by atoms with Gasteiger partial charge >= 0.3 is 139 Å². The Kier molecular flexibility index (Phi) is 7.24. The SMILES string of the molecule is C[SiH](C)[Ti]([c]1ccc[nH]1)([CH]1C=Cc2ccccc21)[C](C)(C)C.Cl.Cl. The summed E-state index contributed by atoms with van der Waals surface area (Å²) in [4.78, 5) is 3.66. The first-order valence-corrected chi connectivity index (χ1v) is 16.4. The Balaban J connectivity index is 0.00000144. The number of rotatable bonds is 3. The van der Waals surface area contributed by atoms with Crippen molar-refractivity contribution in [3.63, 3.8) is 0 Å². The average Bonchev–Trinajstić information content (AvgIpc) is 3.08. The molecule has 0 aliphatic heterocycles. The molecule has 1 nitrogen and oxygen atoms in total.